The van der Waals surface area contributed by atoms with Crippen molar-refractivity contribution in [3.63, 3.8) is 0 Å². The van der Waals surface area contributed by atoms with Crippen LogP contribution in [0.3, 0.4) is 0 Å². The number of rotatable bonds is 5. The van der Waals surface area contributed by atoms with Crippen LogP contribution in [0.2, 0.25) is 0 Å². The summed E-state index contributed by atoms with van der Waals surface area (Å²) in [6, 6.07) is 0. The minimum atomic E-state index is -4.16. The lowest BCUT2D eigenvalue weighted by atomic mass is 10.4. The number of hydrogen-bond acceptors (Lipinski definition) is 4. The van der Waals surface area contributed by atoms with Gasteiger partial charge in [0.1, 0.15) is 0 Å². The summed E-state index contributed by atoms with van der Waals surface area (Å²) in [6.45, 7) is 1.21. The summed E-state index contributed by atoms with van der Waals surface area (Å²) in [4.78, 5) is 2.94. The number of allylic oxidation sites excluding steroid dienone is 1. The maximum atomic E-state index is 12.5. The molecule has 10 heteroatoms. The Morgan fingerprint density at radius 3 is 2.32 bits per heavy atom. The topological polar surface area (TPSA) is 47.0 Å². The highest BCUT2D eigenvalue weighted by Crippen LogP contribution is 2.31. The first-order chi connectivity index (χ1) is 8.65. The third-order valence-electron chi connectivity index (χ3n) is 2.07. The van der Waals surface area contributed by atoms with E-state index in [0.717, 1.165) is 0 Å². The number of halogens is 5. The Morgan fingerprint density at radius 2 is 1.89 bits per heavy atom. The van der Waals surface area contributed by atoms with Crippen molar-refractivity contribution in [3.8, 4) is 0 Å². The predicted molar refractivity (Wildman–Crippen MR) is 58.8 cm³/mol. The van der Waals surface area contributed by atoms with Crippen LogP contribution in [0.15, 0.2) is 16.2 Å². The number of alkyl halides is 2. The molecule has 0 saturated heterocycles. The number of aromatic nitrogens is 1. The van der Waals surface area contributed by atoms with Gasteiger partial charge in [0.15, 0.2) is 5.83 Å². The van der Waals surface area contributed by atoms with Gasteiger partial charge < -0.3 is 0 Å². The van der Waals surface area contributed by atoms with Crippen LogP contribution in [-0.2, 0) is 9.84 Å². The number of sulfone groups is 1. The predicted octanol–water partition coefficient (Wildman–Crippen LogP) is 3.63. The van der Waals surface area contributed by atoms with Crippen molar-refractivity contribution >= 4 is 21.2 Å². The lowest BCUT2D eigenvalue weighted by molar-refractivity contribution is 0.154. The van der Waals surface area contributed by atoms with Crippen LogP contribution in [-0.4, -0.2) is 19.2 Å². The lowest BCUT2D eigenvalue weighted by Gasteiger charge is -1.98. The maximum Gasteiger partial charge on any atom is 0.301 e. The maximum absolute atomic E-state index is 12.5. The molecular weight excluding hydrogens is 313 g/mol. The van der Waals surface area contributed by atoms with Gasteiger partial charge in [-0.1, -0.05) is 0 Å². The third-order valence-corrected chi connectivity index (χ3v) is 5.41. The molecule has 108 valence electrons. The molecule has 0 aliphatic heterocycles. The van der Waals surface area contributed by atoms with Crippen LogP contribution in [0.1, 0.15) is 23.4 Å². The molecule has 1 rings (SSSR count). The highest BCUT2D eigenvalue weighted by Gasteiger charge is 2.25. The fraction of sp³-hybridized carbons (Fsp3) is 0.444. The molecule has 1 aromatic heterocycles. The average Bonchev–Trinajstić information content (AvgIpc) is 2.69. The Kier molecular flexibility index (Phi) is 5.02. The summed E-state index contributed by atoms with van der Waals surface area (Å²) in [5.74, 6) is -2.79. The van der Waals surface area contributed by atoms with E-state index >= 15 is 0 Å². The Bertz CT molecular complexity index is 590. The van der Waals surface area contributed by atoms with E-state index in [4.69, 9.17) is 0 Å². The number of nitrogens with zero attached hydrogens (tertiary/aromatic N) is 1. The van der Waals surface area contributed by atoms with Gasteiger partial charge in [-0.25, -0.2) is 26.6 Å². The van der Waals surface area contributed by atoms with E-state index in [1.807, 2.05) is 0 Å². The Morgan fingerprint density at radius 1 is 1.32 bits per heavy atom. The Balaban J connectivity index is 2.96. The molecule has 0 radical (unpaired) electrons. The normalized spacial score (nSPS) is 11.9. The summed E-state index contributed by atoms with van der Waals surface area (Å²) in [6.07, 6.45) is -6.49. The van der Waals surface area contributed by atoms with E-state index in [-0.39, 0.29) is 17.0 Å². The average molecular weight is 321 g/mol. The summed E-state index contributed by atoms with van der Waals surface area (Å²) in [5, 5.41) is 0. The second-order valence-corrected chi connectivity index (χ2v) is 6.78. The first-order valence-electron chi connectivity index (χ1n) is 4.83. The van der Waals surface area contributed by atoms with Crippen LogP contribution < -0.4 is 0 Å². The van der Waals surface area contributed by atoms with Crippen molar-refractivity contribution in [2.24, 2.45) is 0 Å². The second-order valence-electron chi connectivity index (χ2n) is 3.46. The van der Waals surface area contributed by atoms with Gasteiger partial charge in [0.05, 0.1) is 16.3 Å². The number of aryl methyl sites for hydroxylation is 1. The fourth-order valence-corrected chi connectivity index (χ4v) is 3.70. The summed E-state index contributed by atoms with van der Waals surface area (Å²) < 4.78 is 83.6. The zero-order valence-electron chi connectivity index (χ0n) is 9.46. The zero-order chi connectivity index (χ0) is 14.8. The molecule has 0 amide bonds. The van der Waals surface area contributed by atoms with Crippen LogP contribution in [0, 0.1) is 6.92 Å². The molecule has 0 fully saturated rings. The molecule has 0 bridgehead atoms. The Hall–Kier alpha value is -1.03. The number of thiazole rings is 1. The monoisotopic (exact) mass is 321 g/mol. The van der Waals surface area contributed by atoms with E-state index in [1.54, 1.807) is 0 Å². The molecular formula is C9H8F5NO2S2. The van der Waals surface area contributed by atoms with Crippen LogP contribution in [0.25, 0.3) is 0 Å². The largest absolute Gasteiger partial charge is 0.301 e. The molecule has 1 heterocycles. The van der Waals surface area contributed by atoms with E-state index in [0.29, 0.717) is 0 Å². The quantitative estimate of drug-likeness (QED) is 0.778. The first-order valence-corrected chi connectivity index (χ1v) is 7.30. The van der Waals surface area contributed by atoms with Gasteiger partial charge in [-0.2, -0.15) is 8.78 Å². The van der Waals surface area contributed by atoms with Crippen molar-refractivity contribution in [3.05, 3.63) is 22.5 Å². The molecule has 0 unspecified atom stereocenters. The molecule has 0 aromatic carbocycles. The second kappa shape index (κ2) is 5.95. The third kappa shape index (κ3) is 3.96. The molecule has 0 aliphatic carbocycles. The molecule has 1 aromatic rings. The molecule has 0 saturated carbocycles. The molecule has 0 spiro atoms. The van der Waals surface area contributed by atoms with Crippen molar-refractivity contribution in [1.29, 1.82) is 0 Å². The first kappa shape index (κ1) is 16.0. The van der Waals surface area contributed by atoms with Gasteiger partial charge in [0, 0.05) is 6.42 Å². The highest BCUT2D eigenvalue weighted by atomic mass is 32.2. The molecule has 19 heavy (non-hydrogen) atoms. The summed E-state index contributed by atoms with van der Waals surface area (Å²) in [5.41, 5.74) is -0.147. The van der Waals surface area contributed by atoms with E-state index in [9.17, 15) is 30.4 Å². The van der Waals surface area contributed by atoms with Gasteiger partial charge in [-0.3, -0.25) is 0 Å². The lowest BCUT2D eigenvalue weighted by Crippen LogP contribution is -2.07. The minimum absolute atomic E-state index is 0.147. The van der Waals surface area contributed by atoms with Crippen LogP contribution in [0.5, 0.6) is 0 Å². The summed E-state index contributed by atoms with van der Waals surface area (Å²) >= 11 is 0.260. The van der Waals surface area contributed by atoms with Gasteiger partial charge in [0.2, 0.25) is 14.2 Å². The zero-order valence-corrected chi connectivity index (χ0v) is 11.1. The Labute approximate surface area is 109 Å². The minimum Gasteiger partial charge on any atom is -0.230 e. The number of hydrogen-bond donors (Lipinski definition) is 0. The van der Waals surface area contributed by atoms with Gasteiger partial charge in [0.25, 0.3) is 6.43 Å². The SMILES string of the molecule is Cc1nc(S(=O)(=O)CCC(F)=C(F)F)sc1C(F)F. The van der Waals surface area contributed by atoms with E-state index in [2.05, 4.69) is 4.98 Å². The van der Waals surface area contributed by atoms with Crippen LogP contribution >= 0.6 is 11.3 Å². The molecule has 0 aliphatic rings. The van der Waals surface area contributed by atoms with Gasteiger partial charge >= 0.3 is 6.08 Å². The molecule has 0 atom stereocenters. The van der Waals surface area contributed by atoms with Crippen molar-refractivity contribution in [2.75, 3.05) is 5.75 Å². The smallest absolute Gasteiger partial charge is 0.230 e. The van der Waals surface area contributed by atoms with Crippen molar-refractivity contribution < 1.29 is 30.4 Å². The van der Waals surface area contributed by atoms with Crippen molar-refractivity contribution in [1.82, 2.24) is 4.98 Å². The van der Waals surface area contributed by atoms with Crippen molar-refractivity contribution in [2.45, 2.75) is 24.1 Å². The van der Waals surface area contributed by atoms with E-state index in [1.165, 1.54) is 6.92 Å². The molecule has 3 nitrogen and oxygen atoms in total. The van der Waals surface area contributed by atoms with Crippen LogP contribution in [0.4, 0.5) is 22.0 Å². The van der Waals surface area contributed by atoms with Gasteiger partial charge in [-0.15, -0.1) is 11.3 Å². The summed E-state index contributed by atoms with van der Waals surface area (Å²) in [7, 11) is -4.16. The van der Waals surface area contributed by atoms with E-state index < -0.39 is 49.6 Å². The molecule has 0 N–H and O–H groups in total. The standard InChI is InChI=1S/C9H8F5NO2S2/c1-4-6(8(13)14)18-9(15-4)19(16,17)3-2-5(10)7(11)12/h8H,2-3H2,1H3. The fourth-order valence-electron chi connectivity index (χ4n) is 1.12. The van der Waals surface area contributed by atoms with Gasteiger partial charge in [-0.05, 0) is 6.92 Å². The highest BCUT2D eigenvalue weighted by molar-refractivity contribution is 7.93.